The molecule has 1 heterocycles. The Morgan fingerprint density at radius 2 is 1.92 bits per heavy atom. The van der Waals surface area contributed by atoms with E-state index in [9.17, 15) is 9.59 Å². The summed E-state index contributed by atoms with van der Waals surface area (Å²) in [5.41, 5.74) is 5.44. The molecule has 1 saturated heterocycles. The molecule has 2 amide bonds. The Labute approximate surface area is 154 Å². The van der Waals surface area contributed by atoms with Crippen LogP contribution in [0.15, 0.2) is 0 Å². The van der Waals surface area contributed by atoms with Crippen LogP contribution in [0.25, 0.3) is 0 Å². The van der Waals surface area contributed by atoms with Crippen molar-refractivity contribution in [3.05, 3.63) is 0 Å². The number of nitrogens with zero attached hydrogens (tertiary/aromatic N) is 1. The first-order valence-corrected chi connectivity index (χ1v) is 9.85. The van der Waals surface area contributed by atoms with Gasteiger partial charge in [-0.1, -0.05) is 6.42 Å². The Bertz CT molecular complexity index is 387. The molecule has 146 valence electrons. The highest BCUT2D eigenvalue weighted by molar-refractivity contribution is 7.99. The lowest BCUT2D eigenvalue weighted by atomic mass is 10.2. The first-order chi connectivity index (χ1) is 12.2. The predicted octanol–water partition coefficient (Wildman–Crippen LogP) is -0.187. The Balaban J connectivity index is 2.19. The summed E-state index contributed by atoms with van der Waals surface area (Å²) in [5.74, 6) is 0.900. The fourth-order valence-electron chi connectivity index (χ4n) is 2.29. The summed E-state index contributed by atoms with van der Waals surface area (Å²) in [6.45, 7) is 3.06. The van der Waals surface area contributed by atoms with E-state index in [1.54, 1.807) is 23.8 Å². The molecule has 0 aromatic heterocycles. The molecule has 0 saturated carbocycles. The fraction of sp³-hybridized carbons (Fsp3) is 0.875. The van der Waals surface area contributed by atoms with Crippen LogP contribution in [0.5, 0.6) is 0 Å². The zero-order chi connectivity index (χ0) is 18.3. The molecule has 9 heteroatoms. The summed E-state index contributed by atoms with van der Waals surface area (Å²) >= 11 is 1.58. The number of hydrogen-bond acceptors (Lipinski definition) is 7. The van der Waals surface area contributed by atoms with Gasteiger partial charge >= 0.3 is 0 Å². The number of nitrogens with one attached hydrogen (secondary N) is 1. The van der Waals surface area contributed by atoms with Crippen molar-refractivity contribution in [2.45, 2.75) is 25.3 Å². The molecule has 1 rings (SSSR count). The molecule has 1 fully saturated rings. The molecule has 0 spiro atoms. The van der Waals surface area contributed by atoms with Crippen LogP contribution >= 0.6 is 11.8 Å². The minimum absolute atomic E-state index is 0.0333. The summed E-state index contributed by atoms with van der Waals surface area (Å²) in [6, 6.07) is -0.409. The molecule has 8 nitrogen and oxygen atoms in total. The molecule has 3 N–H and O–H groups in total. The monoisotopic (exact) mass is 377 g/mol. The van der Waals surface area contributed by atoms with Gasteiger partial charge in [-0.15, -0.1) is 11.8 Å². The van der Waals surface area contributed by atoms with E-state index in [2.05, 4.69) is 5.32 Å². The van der Waals surface area contributed by atoms with E-state index >= 15 is 0 Å². The molecule has 1 atom stereocenters. The minimum Gasteiger partial charge on any atom is -0.382 e. The predicted molar refractivity (Wildman–Crippen MR) is 97.4 cm³/mol. The molecular formula is C16H31N3O5S. The van der Waals surface area contributed by atoms with Crippen molar-refractivity contribution in [3.63, 3.8) is 0 Å². The molecule has 0 aromatic rings. The smallest absolute Gasteiger partial charge is 0.249 e. The zero-order valence-electron chi connectivity index (χ0n) is 15.0. The normalized spacial score (nSPS) is 17.0. The lowest BCUT2D eigenvalue weighted by Crippen LogP contribution is -2.48. The number of nitrogens with two attached hydrogens (primary N) is 1. The number of methoxy groups -OCH3 is 1. The van der Waals surface area contributed by atoms with E-state index in [-0.39, 0.29) is 18.4 Å². The van der Waals surface area contributed by atoms with Gasteiger partial charge in [0.15, 0.2) is 0 Å². The van der Waals surface area contributed by atoms with Gasteiger partial charge in [-0.3, -0.25) is 9.59 Å². The van der Waals surface area contributed by atoms with E-state index < -0.39 is 6.04 Å². The van der Waals surface area contributed by atoms with Crippen molar-refractivity contribution in [1.82, 2.24) is 10.2 Å². The highest BCUT2D eigenvalue weighted by Crippen LogP contribution is 2.21. The molecule has 0 aromatic carbocycles. The van der Waals surface area contributed by atoms with E-state index in [0.717, 1.165) is 19.3 Å². The van der Waals surface area contributed by atoms with E-state index in [1.165, 1.54) is 0 Å². The number of thioether (sulfide) groups is 1. The van der Waals surface area contributed by atoms with Gasteiger partial charge in [0.25, 0.3) is 0 Å². The molecule has 0 aliphatic carbocycles. The number of amides is 2. The van der Waals surface area contributed by atoms with Crippen molar-refractivity contribution >= 4 is 23.6 Å². The topological polar surface area (TPSA) is 103 Å². The first kappa shape index (κ1) is 22.2. The number of unbranched alkanes of at least 4 members (excludes halogenated alkanes) is 2. The van der Waals surface area contributed by atoms with Gasteiger partial charge in [-0.05, 0) is 19.4 Å². The van der Waals surface area contributed by atoms with Gasteiger partial charge < -0.3 is 30.2 Å². The number of hydrogen-bond donors (Lipinski definition) is 2. The molecule has 1 aliphatic heterocycles. The average Bonchev–Trinajstić information content (AvgIpc) is 3.10. The molecule has 0 bridgehead atoms. The van der Waals surface area contributed by atoms with Gasteiger partial charge in [0.05, 0.1) is 32.3 Å². The van der Waals surface area contributed by atoms with Crippen LogP contribution in [0, 0.1) is 0 Å². The number of carbonyl (C=O) groups excluding carboxylic acids is 2. The molecule has 1 aliphatic rings. The van der Waals surface area contributed by atoms with E-state index in [4.69, 9.17) is 19.9 Å². The maximum absolute atomic E-state index is 12.3. The van der Waals surface area contributed by atoms with E-state index in [0.29, 0.717) is 51.1 Å². The quantitative estimate of drug-likeness (QED) is 0.405. The molecule has 1 unspecified atom stereocenters. The lowest BCUT2D eigenvalue weighted by molar-refractivity contribution is -0.142. The average molecular weight is 378 g/mol. The van der Waals surface area contributed by atoms with Crippen molar-refractivity contribution in [2.75, 3.05) is 64.9 Å². The second kappa shape index (κ2) is 14.3. The zero-order valence-corrected chi connectivity index (χ0v) is 15.9. The van der Waals surface area contributed by atoms with Gasteiger partial charge in [0.1, 0.15) is 12.6 Å². The maximum atomic E-state index is 12.3. The third-order valence-electron chi connectivity index (χ3n) is 3.71. The fourth-order valence-corrected chi connectivity index (χ4v) is 3.47. The van der Waals surface area contributed by atoms with Crippen LogP contribution in [0.1, 0.15) is 19.3 Å². The van der Waals surface area contributed by atoms with E-state index in [1.807, 2.05) is 0 Å². The van der Waals surface area contributed by atoms with Crippen LogP contribution in [0.3, 0.4) is 0 Å². The van der Waals surface area contributed by atoms with Crippen molar-refractivity contribution in [2.24, 2.45) is 5.73 Å². The van der Waals surface area contributed by atoms with Crippen LogP contribution in [-0.4, -0.2) is 87.6 Å². The van der Waals surface area contributed by atoms with Crippen LogP contribution < -0.4 is 11.1 Å². The standard InChI is InChI=1S/C16H31N3O5S/c1-22-7-8-23-9-10-24-11-15(20)19-13-25-12-14(19)16(21)18-6-4-2-3-5-17/h14H,2-13,17H2,1H3,(H,18,21). The van der Waals surface area contributed by atoms with Crippen molar-refractivity contribution < 1.29 is 23.8 Å². The lowest BCUT2D eigenvalue weighted by Gasteiger charge is -2.23. The van der Waals surface area contributed by atoms with Crippen LogP contribution in [0.4, 0.5) is 0 Å². The highest BCUT2D eigenvalue weighted by atomic mass is 32.2. The minimum atomic E-state index is -0.409. The van der Waals surface area contributed by atoms with Gasteiger partial charge in [-0.2, -0.15) is 0 Å². The number of ether oxygens (including phenoxy) is 3. The Hall–Kier alpha value is -0.870. The molecule has 25 heavy (non-hydrogen) atoms. The van der Waals surface area contributed by atoms with Crippen molar-refractivity contribution in [3.8, 4) is 0 Å². The second-order valence-corrected chi connectivity index (χ2v) is 6.68. The van der Waals surface area contributed by atoms with Gasteiger partial charge in [-0.25, -0.2) is 0 Å². The number of rotatable bonds is 14. The van der Waals surface area contributed by atoms with Crippen LogP contribution in [0.2, 0.25) is 0 Å². The first-order valence-electron chi connectivity index (χ1n) is 8.70. The Morgan fingerprint density at radius 1 is 1.16 bits per heavy atom. The molecule has 0 radical (unpaired) electrons. The summed E-state index contributed by atoms with van der Waals surface area (Å²) in [4.78, 5) is 26.1. The highest BCUT2D eigenvalue weighted by Gasteiger charge is 2.34. The third kappa shape index (κ3) is 9.41. The summed E-state index contributed by atoms with van der Waals surface area (Å²) in [6.07, 6.45) is 2.87. The number of carbonyl (C=O) groups is 2. The Morgan fingerprint density at radius 3 is 2.68 bits per heavy atom. The second-order valence-electron chi connectivity index (χ2n) is 5.68. The maximum Gasteiger partial charge on any atom is 0.249 e. The summed E-state index contributed by atoms with van der Waals surface area (Å²) in [5, 5.41) is 2.90. The Kier molecular flexibility index (Phi) is 12.7. The van der Waals surface area contributed by atoms with Crippen molar-refractivity contribution in [1.29, 1.82) is 0 Å². The summed E-state index contributed by atoms with van der Waals surface area (Å²) < 4.78 is 15.5. The summed E-state index contributed by atoms with van der Waals surface area (Å²) in [7, 11) is 1.61. The van der Waals surface area contributed by atoms with Gasteiger partial charge in [0, 0.05) is 19.4 Å². The molecular weight excluding hydrogens is 346 g/mol. The third-order valence-corrected chi connectivity index (χ3v) is 4.73. The SMILES string of the molecule is COCCOCCOCC(=O)N1CSCC1C(=O)NCCCCCN. The van der Waals surface area contributed by atoms with Crippen LogP contribution in [-0.2, 0) is 23.8 Å². The largest absolute Gasteiger partial charge is 0.382 e. The van der Waals surface area contributed by atoms with Gasteiger partial charge in [0.2, 0.25) is 11.8 Å².